The van der Waals surface area contributed by atoms with Gasteiger partial charge in [0.25, 0.3) is 0 Å². The number of carbonyl (C=O) groups is 1. The molecule has 1 saturated heterocycles. The van der Waals surface area contributed by atoms with Gasteiger partial charge in [0.05, 0.1) is 28.7 Å². The first-order valence-corrected chi connectivity index (χ1v) is 12.4. The second kappa shape index (κ2) is 9.19. The van der Waals surface area contributed by atoms with E-state index in [1.807, 2.05) is 22.9 Å². The van der Waals surface area contributed by atoms with E-state index in [0.717, 1.165) is 16.1 Å². The van der Waals surface area contributed by atoms with Crippen LogP contribution in [0.2, 0.25) is 0 Å². The van der Waals surface area contributed by atoms with Crippen LogP contribution in [0.15, 0.2) is 58.1 Å². The van der Waals surface area contributed by atoms with Gasteiger partial charge >= 0.3 is 0 Å². The van der Waals surface area contributed by atoms with Gasteiger partial charge in [-0.1, -0.05) is 18.2 Å². The molecule has 0 unspecified atom stereocenters. The third kappa shape index (κ3) is 4.85. The summed E-state index contributed by atoms with van der Waals surface area (Å²) in [6.07, 6.45) is 3.03. The van der Waals surface area contributed by atoms with Crippen molar-refractivity contribution in [2.75, 3.05) is 31.6 Å². The van der Waals surface area contributed by atoms with Gasteiger partial charge in [0.1, 0.15) is 0 Å². The van der Waals surface area contributed by atoms with Gasteiger partial charge in [-0.2, -0.15) is 4.31 Å². The van der Waals surface area contributed by atoms with Crippen LogP contribution < -0.4 is 5.32 Å². The van der Waals surface area contributed by atoms with Crippen molar-refractivity contribution in [3.05, 3.63) is 58.8 Å². The third-order valence-electron chi connectivity index (χ3n) is 4.42. The molecule has 30 heavy (non-hydrogen) atoms. The summed E-state index contributed by atoms with van der Waals surface area (Å²) < 4.78 is 31.9. The minimum Gasteiger partial charge on any atom is -0.379 e. The summed E-state index contributed by atoms with van der Waals surface area (Å²) in [5, 5.41) is 7.15. The lowest BCUT2D eigenvalue weighted by atomic mass is 10.2. The Morgan fingerprint density at radius 3 is 2.60 bits per heavy atom. The topological polar surface area (TPSA) is 88.6 Å². The highest BCUT2D eigenvalue weighted by molar-refractivity contribution is 7.89. The Morgan fingerprint density at radius 1 is 1.13 bits per heavy atom. The van der Waals surface area contributed by atoms with Gasteiger partial charge in [-0.3, -0.25) is 10.1 Å². The van der Waals surface area contributed by atoms with E-state index >= 15 is 0 Å². The van der Waals surface area contributed by atoms with Crippen molar-refractivity contribution < 1.29 is 17.9 Å². The molecule has 0 atom stereocenters. The molecule has 0 bridgehead atoms. The maximum atomic E-state index is 12.6. The van der Waals surface area contributed by atoms with Crippen LogP contribution in [0.3, 0.4) is 0 Å². The molecule has 1 fully saturated rings. The van der Waals surface area contributed by atoms with Gasteiger partial charge in [-0.05, 0) is 35.2 Å². The monoisotopic (exact) mass is 461 g/mol. The summed E-state index contributed by atoms with van der Waals surface area (Å²) in [7, 11) is -3.52. The zero-order valence-electron chi connectivity index (χ0n) is 15.9. The lowest BCUT2D eigenvalue weighted by molar-refractivity contribution is -0.111. The molecular formula is C20H19N3O4S3. The fourth-order valence-electron chi connectivity index (χ4n) is 2.87. The third-order valence-corrected chi connectivity index (χ3v) is 7.99. The molecule has 0 aliphatic carbocycles. The number of benzene rings is 1. The second-order valence-corrected chi connectivity index (χ2v) is 10.2. The summed E-state index contributed by atoms with van der Waals surface area (Å²) in [6.45, 7) is 1.52. The lowest BCUT2D eigenvalue weighted by Crippen LogP contribution is -2.40. The molecule has 156 valence electrons. The number of nitrogens with zero attached hydrogens (tertiary/aromatic N) is 2. The first-order chi connectivity index (χ1) is 14.5. The molecule has 7 nitrogen and oxygen atoms in total. The normalized spacial score (nSPS) is 15.5. The zero-order chi connectivity index (χ0) is 21.0. The lowest BCUT2D eigenvalue weighted by Gasteiger charge is -2.26. The molecule has 3 heterocycles. The van der Waals surface area contributed by atoms with Crippen LogP contribution in [0.5, 0.6) is 0 Å². The molecule has 1 aromatic carbocycles. The molecule has 0 radical (unpaired) electrons. The number of amides is 1. The number of carbonyl (C=O) groups excluding carboxylic acids is 1. The maximum absolute atomic E-state index is 12.6. The first-order valence-electron chi connectivity index (χ1n) is 9.19. The molecule has 2 aromatic heterocycles. The van der Waals surface area contributed by atoms with Gasteiger partial charge in [0.2, 0.25) is 15.9 Å². The van der Waals surface area contributed by atoms with Gasteiger partial charge in [0, 0.05) is 24.5 Å². The number of hydrogen-bond acceptors (Lipinski definition) is 7. The van der Waals surface area contributed by atoms with E-state index in [-0.39, 0.29) is 10.8 Å². The van der Waals surface area contributed by atoms with Crippen molar-refractivity contribution in [3.63, 3.8) is 0 Å². The molecule has 4 rings (SSSR count). The zero-order valence-corrected chi connectivity index (χ0v) is 18.3. The number of aromatic nitrogens is 1. The van der Waals surface area contributed by atoms with Crippen molar-refractivity contribution in [1.82, 2.24) is 9.29 Å². The van der Waals surface area contributed by atoms with E-state index in [1.54, 1.807) is 41.7 Å². The average molecular weight is 462 g/mol. The summed E-state index contributed by atoms with van der Waals surface area (Å²) >= 11 is 2.96. The van der Waals surface area contributed by atoms with Gasteiger partial charge in [-0.15, -0.1) is 22.7 Å². The number of rotatable bonds is 6. The largest absolute Gasteiger partial charge is 0.379 e. The predicted molar refractivity (Wildman–Crippen MR) is 119 cm³/mol. The number of nitrogens with one attached hydrogen (secondary N) is 1. The van der Waals surface area contributed by atoms with E-state index in [9.17, 15) is 13.2 Å². The summed E-state index contributed by atoms with van der Waals surface area (Å²) in [5.41, 5.74) is 1.57. The van der Waals surface area contributed by atoms with Crippen molar-refractivity contribution in [1.29, 1.82) is 0 Å². The van der Waals surface area contributed by atoms with Crippen molar-refractivity contribution in [3.8, 4) is 10.6 Å². The minimum absolute atomic E-state index is 0.231. The van der Waals surface area contributed by atoms with Crippen LogP contribution in [0.25, 0.3) is 16.6 Å². The van der Waals surface area contributed by atoms with E-state index in [2.05, 4.69) is 10.3 Å². The Kier molecular flexibility index (Phi) is 6.40. The molecule has 1 aliphatic rings. The van der Waals surface area contributed by atoms with Crippen molar-refractivity contribution in [2.45, 2.75) is 4.90 Å². The smallest absolute Gasteiger partial charge is 0.250 e. The highest BCUT2D eigenvalue weighted by Gasteiger charge is 2.25. The molecule has 1 amide bonds. The number of sulfonamides is 1. The van der Waals surface area contributed by atoms with E-state index in [1.165, 1.54) is 21.7 Å². The van der Waals surface area contributed by atoms with Gasteiger partial charge in [-0.25, -0.2) is 13.4 Å². The van der Waals surface area contributed by atoms with Crippen molar-refractivity contribution >= 4 is 49.8 Å². The standard InChI is InChI=1S/C20H19N3O4S3/c24-19(22-20-21-17(14-29-20)18-2-1-13-28-18)8-5-15-3-6-16(7-4-15)30(25,26)23-9-11-27-12-10-23/h1-8,13-14H,9-12H2,(H,21,22,24). The fraction of sp³-hybridized carbons (Fsp3) is 0.200. The van der Waals surface area contributed by atoms with Crippen LogP contribution in [-0.2, 0) is 19.6 Å². The molecule has 1 aliphatic heterocycles. The highest BCUT2D eigenvalue weighted by atomic mass is 32.2. The molecule has 1 N–H and O–H groups in total. The predicted octanol–water partition coefficient (Wildman–Crippen LogP) is 3.54. The second-order valence-electron chi connectivity index (χ2n) is 6.42. The van der Waals surface area contributed by atoms with Gasteiger partial charge in [0.15, 0.2) is 5.13 Å². The molecule has 0 spiro atoms. The van der Waals surface area contributed by atoms with Crippen LogP contribution in [0.4, 0.5) is 5.13 Å². The van der Waals surface area contributed by atoms with Gasteiger partial charge < -0.3 is 4.74 Å². The number of thiophene rings is 1. The van der Waals surface area contributed by atoms with E-state index < -0.39 is 10.0 Å². The Labute approximate surface area is 182 Å². The first kappa shape index (κ1) is 20.9. The Balaban J connectivity index is 1.37. The number of anilines is 1. The van der Waals surface area contributed by atoms with E-state index in [0.29, 0.717) is 31.4 Å². The highest BCUT2D eigenvalue weighted by Crippen LogP contribution is 2.28. The number of hydrogen-bond donors (Lipinski definition) is 1. The summed E-state index contributed by atoms with van der Waals surface area (Å²) in [6, 6.07) is 10.4. The summed E-state index contributed by atoms with van der Waals surface area (Å²) in [4.78, 5) is 17.9. The number of morpholine rings is 1. The van der Waals surface area contributed by atoms with Crippen LogP contribution in [0.1, 0.15) is 5.56 Å². The molecular weight excluding hydrogens is 442 g/mol. The van der Waals surface area contributed by atoms with Crippen LogP contribution in [0, 0.1) is 0 Å². The Morgan fingerprint density at radius 2 is 1.90 bits per heavy atom. The maximum Gasteiger partial charge on any atom is 0.250 e. The van der Waals surface area contributed by atoms with Crippen LogP contribution in [-0.4, -0.2) is 49.9 Å². The molecule has 0 saturated carbocycles. The van der Waals surface area contributed by atoms with Crippen molar-refractivity contribution in [2.24, 2.45) is 0 Å². The summed E-state index contributed by atoms with van der Waals surface area (Å²) in [5.74, 6) is -0.299. The fourth-order valence-corrected chi connectivity index (χ4v) is 5.76. The van der Waals surface area contributed by atoms with Crippen LogP contribution >= 0.6 is 22.7 Å². The quantitative estimate of drug-likeness (QED) is 0.567. The molecule has 3 aromatic rings. The molecule has 10 heteroatoms. The SMILES string of the molecule is O=C(C=Cc1ccc(S(=O)(=O)N2CCOCC2)cc1)Nc1nc(-c2cccs2)cs1. The minimum atomic E-state index is -3.52. The Hall–Kier alpha value is -2.37. The average Bonchev–Trinajstić information content (AvgIpc) is 3.45. The number of ether oxygens (including phenoxy) is 1. The van der Waals surface area contributed by atoms with E-state index in [4.69, 9.17) is 4.74 Å². The Bertz CT molecular complexity index is 1130. The number of thiazole rings is 1.